The van der Waals surface area contributed by atoms with E-state index in [-0.39, 0.29) is 0 Å². The maximum atomic E-state index is 6.03. The molecule has 0 spiro atoms. The monoisotopic (exact) mass is 263 g/mol. The summed E-state index contributed by atoms with van der Waals surface area (Å²) in [5.74, 6) is 0. The van der Waals surface area contributed by atoms with Crippen LogP contribution in [0.4, 0.5) is 0 Å². The van der Waals surface area contributed by atoms with Crippen molar-refractivity contribution in [3.05, 3.63) is 52.8 Å². The first-order chi connectivity index (χ1) is 8.69. The van der Waals surface area contributed by atoms with E-state index in [9.17, 15) is 0 Å². The second-order valence-electron chi connectivity index (χ2n) is 4.42. The fourth-order valence-electron chi connectivity index (χ4n) is 2.03. The van der Waals surface area contributed by atoms with Gasteiger partial charge in [0.05, 0.1) is 6.20 Å². The van der Waals surface area contributed by atoms with E-state index in [1.807, 2.05) is 42.3 Å². The fraction of sp³-hybridized carbons (Fsp3) is 0.357. The van der Waals surface area contributed by atoms with E-state index < -0.39 is 0 Å². The molecule has 1 heterocycles. The Morgan fingerprint density at radius 3 is 2.89 bits per heavy atom. The van der Waals surface area contributed by atoms with Gasteiger partial charge in [0.25, 0.3) is 0 Å². The molecule has 0 aliphatic heterocycles. The number of rotatable bonds is 5. The van der Waals surface area contributed by atoms with Crippen molar-refractivity contribution in [1.82, 2.24) is 15.1 Å². The number of aryl methyl sites for hydroxylation is 1. The summed E-state index contributed by atoms with van der Waals surface area (Å²) in [6.07, 6.45) is 4.94. The number of aromatic nitrogens is 2. The minimum atomic E-state index is 0.323. The predicted molar refractivity (Wildman–Crippen MR) is 74.5 cm³/mol. The molecule has 96 valence electrons. The minimum Gasteiger partial charge on any atom is -0.306 e. The number of nitrogens with zero attached hydrogens (tertiary/aromatic N) is 2. The van der Waals surface area contributed by atoms with Crippen molar-refractivity contribution in [2.24, 2.45) is 7.05 Å². The van der Waals surface area contributed by atoms with Crippen molar-refractivity contribution in [2.45, 2.75) is 25.9 Å². The lowest BCUT2D eigenvalue weighted by Gasteiger charge is -2.17. The van der Waals surface area contributed by atoms with Gasteiger partial charge in [-0.25, -0.2) is 0 Å². The zero-order chi connectivity index (χ0) is 13.0. The highest BCUT2D eigenvalue weighted by Gasteiger charge is 2.09. The van der Waals surface area contributed by atoms with Crippen molar-refractivity contribution in [3.8, 4) is 0 Å². The molecule has 0 amide bonds. The third kappa shape index (κ3) is 3.34. The van der Waals surface area contributed by atoms with Gasteiger partial charge in [-0.15, -0.1) is 0 Å². The van der Waals surface area contributed by atoms with Gasteiger partial charge in [0.1, 0.15) is 0 Å². The molecule has 18 heavy (non-hydrogen) atoms. The number of hydrogen-bond acceptors (Lipinski definition) is 2. The summed E-state index contributed by atoms with van der Waals surface area (Å²) in [7, 11) is 1.93. The molecule has 1 aromatic heterocycles. The Bertz CT molecular complexity index is 507. The smallest absolute Gasteiger partial charge is 0.0534 e. The number of halogens is 1. The largest absolute Gasteiger partial charge is 0.306 e. The van der Waals surface area contributed by atoms with E-state index >= 15 is 0 Å². The van der Waals surface area contributed by atoms with Crippen LogP contribution in [0.1, 0.15) is 30.5 Å². The maximum absolute atomic E-state index is 6.03. The first-order valence-corrected chi connectivity index (χ1v) is 6.53. The van der Waals surface area contributed by atoms with Crippen LogP contribution in [0.25, 0.3) is 0 Å². The lowest BCUT2D eigenvalue weighted by molar-refractivity contribution is 0.519. The lowest BCUT2D eigenvalue weighted by Crippen LogP contribution is -2.20. The van der Waals surface area contributed by atoms with Gasteiger partial charge in [-0.3, -0.25) is 4.68 Å². The molecule has 2 aromatic rings. The van der Waals surface area contributed by atoms with E-state index in [0.29, 0.717) is 6.04 Å². The summed E-state index contributed by atoms with van der Waals surface area (Å²) < 4.78 is 1.82. The van der Waals surface area contributed by atoms with E-state index in [4.69, 9.17) is 11.6 Å². The number of benzene rings is 1. The Morgan fingerprint density at radius 1 is 1.44 bits per heavy atom. The molecule has 2 rings (SSSR count). The Morgan fingerprint density at radius 2 is 2.28 bits per heavy atom. The topological polar surface area (TPSA) is 29.9 Å². The Kier molecular flexibility index (Phi) is 4.39. The molecule has 0 fully saturated rings. The molecule has 0 radical (unpaired) electrons. The second-order valence-corrected chi connectivity index (χ2v) is 4.86. The van der Waals surface area contributed by atoms with E-state index in [2.05, 4.69) is 23.4 Å². The van der Waals surface area contributed by atoms with Crippen LogP contribution in [0.3, 0.4) is 0 Å². The van der Waals surface area contributed by atoms with Crippen LogP contribution in [-0.2, 0) is 13.6 Å². The summed E-state index contributed by atoms with van der Waals surface area (Å²) in [6.45, 7) is 2.99. The Hall–Kier alpha value is -1.32. The van der Waals surface area contributed by atoms with Crippen molar-refractivity contribution >= 4 is 11.6 Å². The molecule has 1 atom stereocenters. The highest BCUT2D eigenvalue weighted by atomic mass is 35.5. The van der Waals surface area contributed by atoms with Crippen LogP contribution >= 0.6 is 11.6 Å². The van der Waals surface area contributed by atoms with Crippen molar-refractivity contribution in [1.29, 1.82) is 0 Å². The standard InChI is InChI=1S/C14H18ClN3/c1-3-14(12-5-4-6-13(15)7-12)16-8-11-9-17-18(2)10-11/h4-7,9-10,14,16H,3,8H2,1-2H3/t14-/m0/s1. The normalized spacial score (nSPS) is 12.6. The molecule has 4 heteroatoms. The van der Waals surface area contributed by atoms with Crippen LogP contribution in [0.5, 0.6) is 0 Å². The molecule has 0 aliphatic carbocycles. The molecule has 0 unspecified atom stereocenters. The van der Waals surface area contributed by atoms with Gasteiger partial charge in [-0.1, -0.05) is 30.7 Å². The molecule has 0 saturated heterocycles. The van der Waals surface area contributed by atoms with Crippen molar-refractivity contribution in [2.75, 3.05) is 0 Å². The summed E-state index contributed by atoms with van der Waals surface area (Å²) >= 11 is 6.03. The van der Waals surface area contributed by atoms with Crippen molar-refractivity contribution in [3.63, 3.8) is 0 Å². The molecule has 3 nitrogen and oxygen atoms in total. The third-order valence-corrected chi connectivity index (χ3v) is 3.21. The minimum absolute atomic E-state index is 0.323. The molecular formula is C14H18ClN3. The van der Waals surface area contributed by atoms with Gasteiger partial charge in [-0.2, -0.15) is 5.10 Å². The fourth-order valence-corrected chi connectivity index (χ4v) is 2.22. The first kappa shape index (κ1) is 13.1. The highest BCUT2D eigenvalue weighted by Crippen LogP contribution is 2.20. The maximum Gasteiger partial charge on any atom is 0.0534 e. The van der Waals surface area contributed by atoms with Crippen LogP contribution in [-0.4, -0.2) is 9.78 Å². The van der Waals surface area contributed by atoms with Gasteiger partial charge >= 0.3 is 0 Å². The zero-order valence-electron chi connectivity index (χ0n) is 10.7. The lowest BCUT2D eigenvalue weighted by atomic mass is 10.0. The van der Waals surface area contributed by atoms with Crippen LogP contribution < -0.4 is 5.32 Å². The summed E-state index contributed by atoms with van der Waals surface area (Å²) in [4.78, 5) is 0. The van der Waals surface area contributed by atoms with Crippen LogP contribution in [0, 0.1) is 0 Å². The quantitative estimate of drug-likeness (QED) is 0.897. The molecule has 0 aliphatic rings. The zero-order valence-corrected chi connectivity index (χ0v) is 11.5. The average molecular weight is 264 g/mol. The van der Waals surface area contributed by atoms with E-state index in [0.717, 1.165) is 18.0 Å². The van der Waals surface area contributed by atoms with Crippen LogP contribution in [0.2, 0.25) is 5.02 Å². The Labute approximate surface area is 113 Å². The summed E-state index contributed by atoms with van der Waals surface area (Å²) in [6, 6.07) is 8.34. The SMILES string of the molecule is CC[C@H](NCc1cnn(C)c1)c1cccc(Cl)c1. The van der Waals surface area contributed by atoms with E-state index in [1.165, 1.54) is 11.1 Å². The predicted octanol–water partition coefficient (Wildman–Crippen LogP) is 3.31. The third-order valence-electron chi connectivity index (χ3n) is 2.97. The van der Waals surface area contributed by atoms with Gasteiger partial charge in [0, 0.05) is 36.4 Å². The summed E-state index contributed by atoms with van der Waals surface area (Å²) in [5.41, 5.74) is 2.42. The average Bonchev–Trinajstić information content (AvgIpc) is 2.76. The van der Waals surface area contributed by atoms with Crippen LogP contribution in [0.15, 0.2) is 36.7 Å². The van der Waals surface area contributed by atoms with Gasteiger partial charge in [0.15, 0.2) is 0 Å². The second kappa shape index (κ2) is 6.03. The van der Waals surface area contributed by atoms with Gasteiger partial charge in [0.2, 0.25) is 0 Å². The molecule has 0 saturated carbocycles. The summed E-state index contributed by atoms with van der Waals surface area (Å²) in [5, 5.41) is 8.48. The van der Waals surface area contributed by atoms with E-state index in [1.54, 1.807) is 0 Å². The molecule has 1 aromatic carbocycles. The van der Waals surface area contributed by atoms with Gasteiger partial charge in [-0.05, 0) is 24.1 Å². The molecular weight excluding hydrogens is 246 g/mol. The molecule has 1 N–H and O–H groups in total. The highest BCUT2D eigenvalue weighted by molar-refractivity contribution is 6.30. The Balaban J connectivity index is 2.01. The van der Waals surface area contributed by atoms with Crippen molar-refractivity contribution < 1.29 is 0 Å². The molecule has 0 bridgehead atoms. The first-order valence-electron chi connectivity index (χ1n) is 6.15. The number of hydrogen-bond donors (Lipinski definition) is 1. The van der Waals surface area contributed by atoms with Gasteiger partial charge < -0.3 is 5.32 Å². The number of nitrogens with one attached hydrogen (secondary N) is 1.